The molecule has 0 radical (unpaired) electrons. The summed E-state index contributed by atoms with van der Waals surface area (Å²) in [6.45, 7) is 2.30. The molecule has 2 aromatic carbocycles. The summed E-state index contributed by atoms with van der Waals surface area (Å²) in [6.07, 6.45) is 0.559. The minimum atomic E-state index is -0.241. The molecule has 0 atom stereocenters. The maximum Gasteiger partial charge on any atom is 0.274 e. The molecule has 21 heavy (non-hydrogen) atoms. The smallest absolute Gasteiger partial charge is 0.272 e. The molecule has 1 N–H and O–H groups in total. The molecule has 0 aliphatic carbocycles. The number of amides is 1. The Balaban J connectivity index is 1.71. The molecule has 0 heterocycles. The summed E-state index contributed by atoms with van der Waals surface area (Å²) in [6, 6.07) is 17.1. The van der Waals surface area contributed by atoms with E-state index in [0.29, 0.717) is 18.6 Å². The first-order chi connectivity index (χ1) is 10.3. The topological polar surface area (TPSA) is 38.3 Å². The van der Waals surface area contributed by atoms with Gasteiger partial charge in [0.05, 0.1) is 6.61 Å². The zero-order valence-corrected chi connectivity index (χ0v) is 11.9. The third kappa shape index (κ3) is 5.13. The molecule has 3 nitrogen and oxygen atoms in total. The molecule has 0 unspecified atom stereocenters. The van der Waals surface area contributed by atoms with Gasteiger partial charge in [-0.3, -0.25) is 9.63 Å². The molecule has 0 fully saturated rings. The van der Waals surface area contributed by atoms with E-state index >= 15 is 0 Å². The lowest BCUT2D eigenvalue weighted by molar-refractivity contribution is 0.0335. The largest absolute Gasteiger partial charge is 0.274 e. The summed E-state index contributed by atoms with van der Waals surface area (Å²) in [5.41, 5.74) is 5.02. The summed E-state index contributed by atoms with van der Waals surface area (Å²) < 4.78 is 0. The average Bonchev–Trinajstić information content (AvgIpc) is 2.51. The van der Waals surface area contributed by atoms with Gasteiger partial charge >= 0.3 is 0 Å². The summed E-state index contributed by atoms with van der Waals surface area (Å²) >= 11 is 0. The number of hydrogen-bond donors (Lipinski definition) is 1. The van der Waals surface area contributed by atoms with Crippen LogP contribution in [0.5, 0.6) is 0 Å². The Kier molecular flexibility index (Phi) is 5.57. The van der Waals surface area contributed by atoms with E-state index in [-0.39, 0.29) is 5.91 Å². The molecule has 0 saturated carbocycles. The van der Waals surface area contributed by atoms with E-state index in [4.69, 9.17) is 4.84 Å². The van der Waals surface area contributed by atoms with Crippen molar-refractivity contribution in [1.82, 2.24) is 5.48 Å². The first kappa shape index (κ1) is 14.8. The summed E-state index contributed by atoms with van der Waals surface area (Å²) in [7, 11) is 0. The van der Waals surface area contributed by atoms with Crippen molar-refractivity contribution in [2.75, 3.05) is 6.61 Å². The molecule has 0 spiro atoms. The van der Waals surface area contributed by atoms with Crippen molar-refractivity contribution in [2.24, 2.45) is 0 Å². The molecule has 0 bridgehead atoms. The molecule has 2 rings (SSSR count). The lowest BCUT2D eigenvalue weighted by atomic mass is 10.1. The Hall–Kier alpha value is -2.57. The average molecular weight is 279 g/mol. The molecular formula is C18H17NO2. The number of aryl methyl sites for hydroxylation is 1. The van der Waals surface area contributed by atoms with Crippen LogP contribution in [0.25, 0.3) is 0 Å². The highest BCUT2D eigenvalue weighted by molar-refractivity contribution is 5.93. The maximum absolute atomic E-state index is 11.8. The zero-order valence-electron chi connectivity index (χ0n) is 11.9. The van der Waals surface area contributed by atoms with Crippen molar-refractivity contribution >= 4 is 5.91 Å². The van der Waals surface area contributed by atoms with Gasteiger partial charge in [0.2, 0.25) is 0 Å². The Labute approximate surface area is 124 Å². The fourth-order valence-electron chi connectivity index (χ4n) is 1.75. The Morgan fingerprint density at radius 3 is 2.71 bits per heavy atom. The Morgan fingerprint density at radius 2 is 1.95 bits per heavy atom. The minimum absolute atomic E-state index is 0.241. The summed E-state index contributed by atoms with van der Waals surface area (Å²) in [4.78, 5) is 16.9. The Morgan fingerprint density at radius 1 is 1.14 bits per heavy atom. The van der Waals surface area contributed by atoms with Crippen LogP contribution in [0, 0.1) is 18.8 Å². The highest BCUT2D eigenvalue weighted by Crippen LogP contribution is 2.03. The quantitative estimate of drug-likeness (QED) is 0.530. The van der Waals surface area contributed by atoms with Crippen LogP contribution in [0.3, 0.4) is 0 Å². The van der Waals surface area contributed by atoms with Gasteiger partial charge in [-0.05, 0) is 31.2 Å². The van der Waals surface area contributed by atoms with Crippen LogP contribution in [0.4, 0.5) is 0 Å². The van der Waals surface area contributed by atoms with Gasteiger partial charge in [0.1, 0.15) is 0 Å². The molecule has 3 heteroatoms. The van der Waals surface area contributed by atoms with Gasteiger partial charge in [-0.1, -0.05) is 47.7 Å². The van der Waals surface area contributed by atoms with Gasteiger partial charge < -0.3 is 0 Å². The first-order valence-corrected chi connectivity index (χ1v) is 6.78. The highest BCUT2D eigenvalue weighted by Gasteiger charge is 2.04. The molecular weight excluding hydrogens is 262 g/mol. The highest BCUT2D eigenvalue weighted by atomic mass is 16.6. The van der Waals surface area contributed by atoms with Crippen molar-refractivity contribution in [2.45, 2.75) is 13.3 Å². The van der Waals surface area contributed by atoms with Gasteiger partial charge in [0.15, 0.2) is 0 Å². The van der Waals surface area contributed by atoms with Crippen LogP contribution in [0.15, 0.2) is 54.6 Å². The fourth-order valence-corrected chi connectivity index (χ4v) is 1.75. The van der Waals surface area contributed by atoms with Crippen molar-refractivity contribution < 1.29 is 9.63 Å². The molecule has 0 aliphatic heterocycles. The Bertz CT molecular complexity index is 654. The predicted octanol–water partition coefficient (Wildman–Crippen LogP) is 3.10. The van der Waals surface area contributed by atoms with Gasteiger partial charge in [0.25, 0.3) is 5.91 Å². The normalized spacial score (nSPS) is 9.57. The first-order valence-electron chi connectivity index (χ1n) is 6.78. The number of rotatable bonds is 4. The van der Waals surface area contributed by atoms with Gasteiger partial charge in [-0.25, -0.2) is 5.48 Å². The van der Waals surface area contributed by atoms with Crippen molar-refractivity contribution in [3.63, 3.8) is 0 Å². The lowest BCUT2D eigenvalue weighted by Gasteiger charge is -2.04. The number of carbonyl (C=O) groups excluding carboxylic acids is 1. The SMILES string of the molecule is Cc1cccc(C(=O)NOCCC#Cc2ccccc2)c1. The second kappa shape index (κ2) is 7.88. The van der Waals surface area contributed by atoms with E-state index in [1.54, 1.807) is 6.07 Å². The predicted molar refractivity (Wildman–Crippen MR) is 82.5 cm³/mol. The van der Waals surface area contributed by atoms with E-state index in [1.807, 2.05) is 55.5 Å². The van der Waals surface area contributed by atoms with Crippen LogP contribution in [-0.4, -0.2) is 12.5 Å². The number of benzene rings is 2. The van der Waals surface area contributed by atoms with Gasteiger partial charge in [-0.2, -0.15) is 0 Å². The van der Waals surface area contributed by atoms with E-state index in [2.05, 4.69) is 17.3 Å². The molecule has 106 valence electrons. The van der Waals surface area contributed by atoms with Crippen LogP contribution in [0.1, 0.15) is 27.9 Å². The van der Waals surface area contributed by atoms with E-state index in [1.165, 1.54) is 0 Å². The number of nitrogens with one attached hydrogen (secondary N) is 1. The van der Waals surface area contributed by atoms with Crippen molar-refractivity contribution in [1.29, 1.82) is 0 Å². The van der Waals surface area contributed by atoms with Gasteiger partial charge in [0, 0.05) is 17.5 Å². The van der Waals surface area contributed by atoms with Crippen molar-refractivity contribution in [3.05, 3.63) is 71.3 Å². The standard InChI is InChI=1S/C18H17NO2/c1-15-8-7-12-17(14-15)18(20)19-21-13-6-5-11-16-9-3-2-4-10-16/h2-4,7-10,12,14H,6,13H2,1H3,(H,19,20). The van der Waals surface area contributed by atoms with Crippen LogP contribution in [-0.2, 0) is 4.84 Å². The van der Waals surface area contributed by atoms with E-state index in [9.17, 15) is 4.79 Å². The second-order valence-electron chi connectivity index (χ2n) is 4.57. The second-order valence-corrected chi connectivity index (χ2v) is 4.57. The van der Waals surface area contributed by atoms with Crippen LogP contribution < -0.4 is 5.48 Å². The molecule has 0 saturated heterocycles. The number of hydrogen-bond acceptors (Lipinski definition) is 2. The molecule has 0 aromatic heterocycles. The van der Waals surface area contributed by atoms with Crippen LogP contribution in [0.2, 0.25) is 0 Å². The third-order valence-corrected chi connectivity index (χ3v) is 2.78. The summed E-state index contributed by atoms with van der Waals surface area (Å²) in [5.74, 6) is 5.79. The molecule has 2 aromatic rings. The van der Waals surface area contributed by atoms with Crippen LogP contribution >= 0.6 is 0 Å². The monoisotopic (exact) mass is 279 g/mol. The molecule has 1 amide bonds. The van der Waals surface area contributed by atoms with E-state index in [0.717, 1.165) is 11.1 Å². The molecule has 0 aliphatic rings. The number of carbonyl (C=O) groups is 1. The lowest BCUT2D eigenvalue weighted by Crippen LogP contribution is -2.24. The summed E-state index contributed by atoms with van der Waals surface area (Å²) in [5, 5.41) is 0. The number of hydroxylamine groups is 1. The fraction of sp³-hybridized carbons (Fsp3) is 0.167. The van der Waals surface area contributed by atoms with Gasteiger partial charge in [-0.15, -0.1) is 0 Å². The minimum Gasteiger partial charge on any atom is -0.272 e. The zero-order chi connectivity index (χ0) is 14.9. The maximum atomic E-state index is 11.8. The third-order valence-electron chi connectivity index (χ3n) is 2.78. The van der Waals surface area contributed by atoms with E-state index < -0.39 is 0 Å². The van der Waals surface area contributed by atoms with Crippen molar-refractivity contribution in [3.8, 4) is 11.8 Å².